The van der Waals surface area contributed by atoms with Gasteiger partial charge in [0.25, 0.3) is 0 Å². The van der Waals surface area contributed by atoms with E-state index < -0.39 is 0 Å². The minimum Gasteiger partial charge on any atom is -0.351 e. The summed E-state index contributed by atoms with van der Waals surface area (Å²) in [5.74, 6) is 1.12. The quantitative estimate of drug-likeness (QED) is 0.574. The Morgan fingerprint density at radius 1 is 1.50 bits per heavy atom. The summed E-state index contributed by atoms with van der Waals surface area (Å²) >= 11 is 0. The van der Waals surface area contributed by atoms with Gasteiger partial charge in [0.1, 0.15) is 0 Å². The molecule has 2 heterocycles. The predicted molar refractivity (Wildman–Crippen MR) is 50.3 cm³/mol. The van der Waals surface area contributed by atoms with Crippen molar-refractivity contribution in [1.29, 1.82) is 0 Å². The van der Waals surface area contributed by atoms with Gasteiger partial charge in [0.2, 0.25) is 0 Å². The third-order valence-corrected chi connectivity index (χ3v) is 2.68. The van der Waals surface area contributed by atoms with Crippen molar-refractivity contribution in [2.24, 2.45) is 10.4 Å². The lowest BCUT2D eigenvalue weighted by molar-refractivity contribution is 0.286. The zero-order valence-corrected chi connectivity index (χ0v) is 8.09. The Morgan fingerprint density at radius 2 is 2.25 bits per heavy atom. The first-order valence-electron chi connectivity index (χ1n) is 4.63. The van der Waals surface area contributed by atoms with Gasteiger partial charge in [-0.2, -0.15) is 0 Å². The third kappa shape index (κ3) is 1.17. The summed E-state index contributed by atoms with van der Waals surface area (Å²) in [4.78, 5) is 6.74. The number of rotatable bonds is 0. The van der Waals surface area contributed by atoms with Crippen molar-refractivity contribution in [3.05, 3.63) is 0 Å². The topological polar surface area (TPSA) is 27.6 Å². The molecule has 1 atom stereocenters. The van der Waals surface area contributed by atoms with Crippen molar-refractivity contribution in [3.8, 4) is 0 Å². The fourth-order valence-electron chi connectivity index (χ4n) is 1.71. The van der Waals surface area contributed by atoms with Crippen molar-refractivity contribution in [2.75, 3.05) is 19.6 Å². The maximum absolute atomic E-state index is 4.39. The van der Waals surface area contributed by atoms with Crippen LogP contribution in [0.25, 0.3) is 0 Å². The van der Waals surface area contributed by atoms with Crippen molar-refractivity contribution in [2.45, 2.75) is 26.8 Å². The molecule has 3 heteroatoms. The first-order valence-corrected chi connectivity index (χ1v) is 4.63. The van der Waals surface area contributed by atoms with E-state index in [0.29, 0.717) is 11.5 Å². The molecule has 0 aliphatic carbocycles. The monoisotopic (exact) mass is 167 g/mol. The van der Waals surface area contributed by atoms with Crippen LogP contribution in [-0.2, 0) is 0 Å². The van der Waals surface area contributed by atoms with Crippen LogP contribution in [0.1, 0.15) is 20.8 Å². The van der Waals surface area contributed by atoms with Crippen LogP contribution in [0.5, 0.6) is 0 Å². The van der Waals surface area contributed by atoms with E-state index in [1.807, 2.05) is 0 Å². The van der Waals surface area contributed by atoms with Gasteiger partial charge in [0.05, 0.1) is 12.6 Å². The summed E-state index contributed by atoms with van der Waals surface area (Å²) in [7, 11) is 0. The molecule has 2 rings (SSSR count). The van der Waals surface area contributed by atoms with Crippen LogP contribution in [-0.4, -0.2) is 36.5 Å². The second-order valence-electron chi connectivity index (χ2n) is 4.71. The molecular weight excluding hydrogens is 150 g/mol. The molecular formula is C9H17N3. The molecule has 0 radical (unpaired) electrons. The largest absolute Gasteiger partial charge is 0.351 e. The van der Waals surface area contributed by atoms with Crippen molar-refractivity contribution in [3.63, 3.8) is 0 Å². The number of hydrogen-bond donors (Lipinski definition) is 1. The maximum Gasteiger partial charge on any atom is 0.194 e. The highest BCUT2D eigenvalue weighted by molar-refractivity contribution is 5.83. The molecule has 3 nitrogen and oxygen atoms in total. The Morgan fingerprint density at radius 3 is 2.83 bits per heavy atom. The summed E-state index contributed by atoms with van der Waals surface area (Å²) < 4.78 is 0. The Hall–Kier alpha value is -0.730. The number of fused-ring (bicyclic) bond motifs is 1. The number of nitrogens with one attached hydrogen (secondary N) is 1. The Kier molecular flexibility index (Phi) is 1.56. The highest BCUT2D eigenvalue weighted by atomic mass is 15.4. The van der Waals surface area contributed by atoms with Crippen LogP contribution in [0.15, 0.2) is 4.99 Å². The molecule has 1 N–H and O–H groups in total. The number of hydrogen-bond acceptors (Lipinski definition) is 3. The summed E-state index contributed by atoms with van der Waals surface area (Å²) in [6.45, 7) is 10.0. The normalized spacial score (nSPS) is 28.4. The lowest BCUT2D eigenvalue weighted by atomic mass is 9.87. The summed E-state index contributed by atoms with van der Waals surface area (Å²) in [6.07, 6.45) is 0. The molecule has 0 bridgehead atoms. The van der Waals surface area contributed by atoms with E-state index in [4.69, 9.17) is 0 Å². The van der Waals surface area contributed by atoms with Crippen molar-refractivity contribution >= 4 is 5.96 Å². The van der Waals surface area contributed by atoms with Gasteiger partial charge in [-0.1, -0.05) is 20.8 Å². The van der Waals surface area contributed by atoms with E-state index in [1.54, 1.807) is 0 Å². The van der Waals surface area contributed by atoms with Crippen molar-refractivity contribution in [1.82, 2.24) is 10.2 Å². The molecule has 1 fully saturated rings. The Balaban J connectivity index is 2.08. The van der Waals surface area contributed by atoms with Crippen LogP contribution >= 0.6 is 0 Å². The fourth-order valence-corrected chi connectivity index (χ4v) is 1.71. The van der Waals surface area contributed by atoms with Gasteiger partial charge >= 0.3 is 0 Å². The molecule has 0 aromatic carbocycles. The van der Waals surface area contributed by atoms with E-state index in [1.165, 1.54) is 0 Å². The van der Waals surface area contributed by atoms with Gasteiger partial charge in [0, 0.05) is 13.1 Å². The molecule has 12 heavy (non-hydrogen) atoms. The molecule has 0 aromatic heterocycles. The molecule has 0 aromatic rings. The standard InChI is InChI=1S/C9H17N3/c1-9(2,3)7-6-12-5-4-10-8(12)11-7/h7H,4-6H2,1-3H3,(H,10,11). The third-order valence-electron chi connectivity index (χ3n) is 2.68. The van der Waals surface area contributed by atoms with E-state index >= 15 is 0 Å². The Labute approximate surface area is 73.9 Å². The first kappa shape index (κ1) is 7.90. The van der Waals surface area contributed by atoms with Gasteiger partial charge in [-0.25, -0.2) is 0 Å². The fraction of sp³-hybridized carbons (Fsp3) is 0.889. The van der Waals surface area contributed by atoms with Gasteiger partial charge in [0.15, 0.2) is 5.96 Å². The van der Waals surface area contributed by atoms with Crippen LogP contribution in [0.3, 0.4) is 0 Å². The predicted octanol–water partition coefficient (Wildman–Crippen LogP) is 0.676. The lowest BCUT2D eigenvalue weighted by Gasteiger charge is -2.26. The zero-order chi connectivity index (χ0) is 8.77. The SMILES string of the molecule is CC(C)(C)C1CN2CCN=C2N1. The van der Waals surface area contributed by atoms with E-state index in [9.17, 15) is 0 Å². The second kappa shape index (κ2) is 2.38. The van der Waals surface area contributed by atoms with Crippen LogP contribution in [0, 0.1) is 5.41 Å². The molecule has 2 aliphatic rings. The van der Waals surface area contributed by atoms with E-state index in [-0.39, 0.29) is 0 Å². The molecule has 0 amide bonds. The number of aliphatic imine (C=N–C) groups is 1. The molecule has 68 valence electrons. The minimum absolute atomic E-state index is 0.340. The average molecular weight is 167 g/mol. The van der Waals surface area contributed by atoms with Crippen LogP contribution in [0.2, 0.25) is 0 Å². The average Bonchev–Trinajstić information content (AvgIpc) is 2.37. The highest BCUT2D eigenvalue weighted by Crippen LogP contribution is 2.24. The second-order valence-corrected chi connectivity index (χ2v) is 4.71. The van der Waals surface area contributed by atoms with Gasteiger partial charge in [-0.15, -0.1) is 0 Å². The number of guanidine groups is 1. The van der Waals surface area contributed by atoms with Gasteiger partial charge in [-0.05, 0) is 5.41 Å². The Bertz CT molecular complexity index is 214. The molecule has 1 saturated heterocycles. The van der Waals surface area contributed by atoms with Crippen molar-refractivity contribution < 1.29 is 0 Å². The highest BCUT2D eigenvalue weighted by Gasteiger charge is 2.36. The zero-order valence-electron chi connectivity index (χ0n) is 8.09. The van der Waals surface area contributed by atoms with Gasteiger partial charge < -0.3 is 10.2 Å². The molecule has 1 unspecified atom stereocenters. The summed E-state index contributed by atoms with van der Waals surface area (Å²) in [5.41, 5.74) is 0.340. The first-order chi connectivity index (χ1) is 5.57. The van der Waals surface area contributed by atoms with Crippen LogP contribution in [0.4, 0.5) is 0 Å². The summed E-state index contributed by atoms with van der Waals surface area (Å²) in [5, 5.41) is 3.47. The molecule has 2 aliphatic heterocycles. The van der Waals surface area contributed by atoms with Gasteiger partial charge in [-0.3, -0.25) is 4.99 Å². The smallest absolute Gasteiger partial charge is 0.194 e. The lowest BCUT2D eigenvalue weighted by Crippen LogP contribution is -2.38. The number of nitrogens with zero attached hydrogens (tertiary/aromatic N) is 2. The van der Waals surface area contributed by atoms with E-state index in [2.05, 4.69) is 36.0 Å². The summed E-state index contributed by atoms with van der Waals surface area (Å²) in [6, 6.07) is 0.566. The van der Waals surface area contributed by atoms with E-state index in [0.717, 1.165) is 25.6 Å². The molecule has 0 spiro atoms. The maximum atomic E-state index is 4.39. The molecule has 0 saturated carbocycles. The minimum atomic E-state index is 0.340. The van der Waals surface area contributed by atoms with Crippen LogP contribution < -0.4 is 5.32 Å².